The fourth-order valence-electron chi connectivity index (χ4n) is 2.40. The van der Waals surface area contributed by atoms with E-state index < -0.39 is 5.82 Å². The van der Waals surface area contributed by atoms with E-state index in [4.69, 9.17) is 0 Å². The Balaban J connectivity index is 2.37. The number of carbonyl (C=O) groups excluding carboxylic acids is 1. The van der Waals surface area contributed by atoms with E-state index in [9.17, 15) is 14.3 Å². The maximum Gasteiger partial charge on any atom is 0.155 e. The largest absolute Gasteiger partial charge is 0.394 e. The summed E-state index contributed by atoms with van der Waals surface area (Å²) in [6.07, 6.45) is 3.50. The van der Waals surface area contributed by atoms with Gasteiger partial charge in [0.1, 0.15) is 5.82 Å². The summed E-state index contributed by atoms with van der Waals surface area (Å²) in [6, 6.07) is 4.61. The molecule has 0 aromatic heterocycles. The van der Waals surface area contributed by atoms with Gasteiger partial charge in [0.2, 0.25) is 0 Å². The van der Waals surface area contributed by atoms with Crippen molar-refractivity contribution in [1.82, 2.24) is 0 Å². The minimum absolute atomic E-state index is 0.00995. The summed E-state index contributed by atoms with van der Waals surface area (Å²) < 4.78 is 13.5. The standard InChI is InChI=1S/C13H16FNO2/c14-12-5-3-6-13(11(12)9-17)15-7-2-1-4-10(15)8-16/h3,5-6,9-10,16H,1-2,4,7-8H2. The van der Waals surface area contributed by atoms with Gasteiger partial charge in [-0.1, -0.05) is 6.07 Å². The molecule has 1 unspecified atom stereocenters. The third-order valence-electron chi connectivity index (χ3n) is 3.30. The van der Waals surface area contributed by atoms with E-state index in [-0.39, 0.29) is 18.2 Å². The molecule has 92 valence electrons. The molecule has 0 saturated carbocycles. The van der Waals surface area contributed by atoms with Crippen LogP contribution in [0.15, 0.2) is 18.2 Å². The molecule has 0 amide bonds. The molecule has 2 rings (SSSR count). The Morgan fingerprint density at radius 3 is 3.00 bits per heavy atom. The number of nitrogens with zero attached hydrogens (tertiary/aromatic N) is 1. The van der Waals surface area contributed by atoms with Gasteiger partial charge in [-0.2, -0.15) is 0 Å². The monoisotopic (exact) mass is 237 g/mol. The van der Waals surface area contributed by atoms with Gasteiger partial charge in [-0.3, -0.25) is 4.79 Å². The van der Waals surface area contributed by atoms with Crippen LogP contribution in [0.25, 0.3) is 0 Å². The predicted octanol–water partition coefficient (Wildman–Crippen LogP) is 1.99. The van der Waals surface area contributed by atoms with E-state index >= 15 is 0 Å². The highest BCUT2D eigenvalue weighted by Crippen LogP contribution is 2.28. The lowest BCUT2D eigenvalue weighted by Crippen LogP contribution is -2.42. The second-order valence-electron chi connectivity index (χ2n) is 4.32. The average molecular weight is 237 g/mol. The van der Waals surface area contributed by atoms with E-state index in [1.807, 2.05) is 4.90 Å². The Morgan fingerprint density at radius 2 is 2.29 bits per heavy atom. The van der Waals surface area contributed by atoms with Gasteiger partial charge in [0.15, 0.2) is 6.29 Å². The molecule has 1 aliphatic rings. The first-order valence-electron chi connectivity index (χ1n) is 5.89. The molecule has 1 aromatic rings. The van der Waals surface area contributed by atoms with Crippen molar-refractivity contribution in [3.63, 3.8) is 0 Å². The summed E-state index contributed by atoms with van der Waals surface area (Å²) in [5, 5.41) is 9.33. The molecule has 1 aromatic carbocycles. The van der Waals surface area contributed by atoms with Gasteiger partial charge in [-0.05, 0) is 31.4 Å². The second-order valence-corrected chi connectivity index (χ2v) is 4.32. The summed E-state index contributed by atoms with van der Waals surface area (Å²) in [7, 11) is 0. The Labute approximate surface area is 99.9 Å². The highest BCUT2D eigenvalue weighted by atomic mass is 19.1. The number of anilines is 1. The zero-order valence-electron chi connectivity index (χ0n) is 9.60. The number of aldehydes is 1. The number of halogens is 1. The van der Waals surface area contributed by atoms with Gasteiger partial charge in [0, 0.05) is 6.54 Å². The summed E-state index contributed by atoms with van der Waals surface area (Å²) in [6.45, 7) is 0.796. The van der Waals surface area contributed by atoms with Crippen molar-refractivity contribution in [2.75, 3.05) is 18.1 Å². The first kappa shape index (κ1) is 12.0. The summed E-state index contributed by atoms with van der Waals surface area (Å²) in [5.74, 6) is -0.500. The van der Waals surface area contributed by atoms with E-state index in [1.165, 1.54) is 6.07 Å². The van der Waals surface area contributed by atoms with Gasteiger partial charge < -0.3 is 10.0 Å². The topological polar surface area (TPSA) is 40.5 Å². The van der Waals surface area contributed by atoms with Crippen LogP contribution >= 0.6 is 0 Å². The minimum atomic E-state index is -0.500. The quantitative estimate of drug-likeness (QED) is 0.817. The number of rotatable bonds is 3. The van der Waals surface area contributed by atoms with Crippen LogP contribution in [0.2, 0.25) is 0 Å². The molecule has 1 aliphatic heterocycles. The molecule has 1 atom stereocenters. The molecule has 0 aliphatic carbocycles. The Morgan fingerprint density at radius 1 is 1.47 bits per heavy atom. The average Bonchev–Trinajstić information content (AvgIpc) is 2.38. The summed E-state index contributed by atoms with van der Waals surface area (Å²) in [5.41, 5.74) is 0.687. The first-order valence-corrected chi connectivity index (χ1v) is 5.89. The normalized spacial score (nSPS) is 20.4. The molecule has 0 bridgehead atoms. The lowest BCUT2D eigenvalue weighted by Gasteiger charge is -2.37. The molecule has 17 heavy (non-hydrogen) atoms. The van der Waals surface area contributed by atoms with Crippen molar-refractivity contribution in [1.29, 1.82) is 0 Å². The lowest BCUT2D eigenvalue weighted by molar-refractivity contribution is 0.112. The van der Waals surface area contributed by atoms with E-state index in [2.05, 4.69) is 0 Å². The molecule has 0 spiro atoms. The maximum atomic E-state index is 13.5. The highest BCUT2D eigenvalue weighted by Gasteiger charge is 2.24. The van der Waals surface area contributed by atoms with Crippen molar-refractivity contribution in [2.24, 2.45) is 0 Å². The Kier molecular flexibility index (Phi) is 3.74. The molecule has 3 nitrogen and oxygen atoms in total. The van der Waals surface area contributed by atoms with Gasteiger partial charge in [0.25, 0.3) is 0 Å². The summed E-state index contributed by atoms with van der Waals surface area (Å²) >= 11 is 0. The Bertz CT molecular complexity index is 408. The molecule has 1 saturated heterocycles. The van der Waals surface area contributed by atoms with E-state index in [1.54, 1.807) is 12.1 Å². The van der Waals surface area contributed by atoms with Crippen molar-refractivity contribution in [2.45, 2.75) is 25.3 Å². The van der Waals surface area contributed by atoms with Crippen molar-refractivity contribution in [3.05, 3.63) is 29.6 Å². The fraction of sp³-hybridized carbons (Fsp3) is 0.462. The van der Waals surface area contributed by atoms with Gasteiger partial charge in [-0.15, -0.1) is 0 Å². The summed E-state index contributed by atoms with van der Waals surface area (Å²) in [4.78, 5) is 12.9. The molecule has 1 heterocycles. The van der Waals surface area contributed by atoms with Gasteiger partial charge in [0.05, 0.1) is 23.9 Å². The van der Waals surface area contributed by atoms with Crippen molar-refractivity contribution >= 4 is 12.0 Å². The Hall–Kier alpha value is -1.42. The van der Waals surface area contributed by atoms with Crippen LogP contribution in [0, 0.1) is 5.82 Å². The number of benzene rings is 1. The molecular weight excluding hydrogens is 221 g/mol. The third kappa shape index (κ3) is 2.31. The van der Waals surface area contributed by atoms with Crippen LogP contribution in [0.3, 0.4) is 0 Å². The predicted molar refractivity (Wildman–Crippen MR) is 63.9 cm³/mol. The van der Waals surface area contributed by atoms with Crippen LogP contribution in [0.4, 0.5) is 10.1 Å². The van der Waals surface area contributed by atoms with Crippen molar-refractivity contribution < 1.29 is 14.3 Å². The number of aliphatic hydroxyl groups is 1. The lowest BCUT2D eigenvalue weighted by atomic mass is 10.0. The van der Waals surface area contributed by atoms with Crippen LogP contribution in [-0.2, 0) is 0 Å². The van der Waals surface area contributed by atoms with Gasteiger partial charge in [-0.25, -0.2) is 4.39 Å². The van der Waals surface area contributed by atoms with Gasteiger partial charge >= 0.3 is 0 Å². The number of hydrogen-bond acceptors (Lipinski definition) is 3. The molecule has 0 radical (unpaired) electrons. The number of hydrogen-bond donors (Lipinski definition) is 1. The SMILES string of the molecule is O=Cc1c(F)cccc1N1CCCCC1CO. The minimum Gasteiger partial charge on any atom is -0.394 e. The molecular formula is C13H16FNO2. The molecule has 1 fully saturated rings. The van der Waals surface area contributed by atoms with Crippen LogP contribution in [0.5, 0.6) is 0 Å². The van der Waals surface area contributed by atoms with Crippen LogP contribution in [0.1, 0.15) is 29.6 Å². The number of piperidine rings is 1. The third-order valence-corrected chi connectivity index (χ3v) is 3.30. The first-order chi connectivity index (χ1) is 8.27. The van der Waals surface area contributed by atoms with E-state index in [0.717, 1.165) is 25.8 Å². The number of aliphatic hydroxyl groups excluding tert-OH is 1. The maximum absolute atomic E-state index is 13.5. The van der Waals surface area contributed by atoms with Crippen LogP contribution < -0.4 is 4.90 Å². The smallest absolute Gasteiger partial charge is 0.155 e. The van der Waals surface area contributed by atoms with Crippen LogP contribution in [-0.4, -0.2) is 30.6 Å². The highest BCUT2D eigenvalue weighted by molar-refractivity contribution is 5.85. The fourth-order valence-corrected chi connectivity index (χ4v) is 2.40. The molecule has 4 heteroatoms. The zero-order valence-corrected chi connectivity index (χ0v) is 9.60. The van der Waals surface area contributed by atoms with E-state index in [0.29, 0.717) is 12.0 Å². The number of carbonyl (C=O) groups is 1. The second kappa shape index (κ2) is 5.27. The molecule has 1 N–H and O–H groups in total. The zero-order chi connectivity index (χ0) is 12.3. The van der Waals surface area contributed by atoms with Crippen molar-refractivity contribution in [3.8, 4) is 0 Å².